The van der Waals surface area contributed by atoms with E-state index in [9.17, 15) is 5.11 Å². The zero-order valence-electron chi connectivity index (χ0n) is 8.82. The van der Waals surface area contributed by atoms with Crippen molar-refractivity contribution in [3.63, 3.8) is 0 Å². The van der Waals surface area contributed by atoms with Crippen molar-refractivity contribution in [2.24, 2.45) is 5.73 Å². The van der Waals surface area contributed by atoms with Crippen LogP contribution in [-0.4, -0.2) is 17.7 Å². The molecule has 1 aliphatic carbocycles. The first kappa shape index (κ1) is 10.5. The van der Waals surface area contributed by atoms with Gasteiger partial charge in [0.2, 0.25) is 0 Å². The lowest BCUT2D eigenvalue weighted by atomic mass is 9.91. The highest BCUT2D eigenvalue weighted by Crippen LogP contribution is 2.23. The Hall–Kier alpha value is -1.06. The second kappa shape index (κ2) is 4.64. The smallest absolute Gasteiger partial charge is 0.115 e. The highest BCUT2D eigenvalue weighted by atomic mass is 16.3. The van der Waals surface area contributed by atoms with E-state index < -0.39 is 0 Å². The SMILES string of the molecule is NCC(NC1CCC1)c1ccc(O)cc1. The van der Waals surface area contributed by atoms with Crippen LogP contribution in [0.15, 0.2) is 24.3 Å². The summed E-state index contributed by atoms with van der Waals surface area (Å²) in [6, 6.07) is 8.13. The van der Waals surface area contributed by atoms with Gasteiger partial charge in [0.25, 0.3) is 0 Å². The maximum absolute atomic E-state index is 9.20. The second-order valence-corrected chi connectivity index (χ2v) is 4.17. The monoisotopic (exact) mass is 206 g/mol. The first-order valence-electron chi connectivity index (χ1n) is 5.54. The number of phenolic OH excluding ortho intramolecular Hbond substituents is 1. The third-order valence-electron chi connectivity index (χ3n) is 3.07. The van der Waals surface area contributed by atoms with Gasteiger partial charge in [0.05, 0.1) is 0 Å². The average molecular weight is 206 g/mol. The molecule has 1 aliphatic rings. The molecule has 0 aliphatic heterocycles. The van der Waals surface area contributed by atoms with Crippen LogP contribution in [0.2, 0.25) is 0 Å². The molecular formula is C12H18N2O. The maximum atomic E-state index is 9.20. The maximum Gasteiger partial charge on any atom is 0.115 e. The Morgan fingerprint density at radius 3 is 2.47 bits per heavy atom. The minimum atomic E-state index is 0.218. The van der Waals surface area contributed by atoms with E-state index in [1.165, 1.54) is 19.3 Å². The third-order valence-corrected chi connectivity index (χ3v) is 3.07. The zero-order valence-corrected chi connectivity index (χ0v) is 8.82. The summed E-state index contributed by atoms with van der Waals surface area (Å²) in [5, 5.41) is 12.7. The fourth-order valence-electron chi connectivity index (χ4n) is 1.87. The number of aromatic hydroxyl groups is 1. The first-order valence-corrected chi connectivity index (χ1v) is 5.54. The van der Waals surface area contributed by atoms with Gasteiger partial charge in [0, 0.05) is 18.6 Å². The Balaban J connectivity index is 2.01. The Morgan fingerprint density at radius 1 is 1.33 bits per heavy atom. The van der Waals surface area contributed by atoms with Crippen molar-refractivity contribution >= 4 is 0 Å². The van der Waals surface area contributed by atoms with E-state index in [2.05, 4.69) is 5.32 Å². The van der Waals surface area contributed by atoms with Crippen molar-refractivity contribution < 1.29 is 5.11 Å². The summed E-state index contributed by atoms with van der Waals surface area (Å²) in [4.78, 5) is 0. The lowest BCUT2D eigenvalue weighted by molar-refractivity contribution is 0.307. The standard InChI is InChI=1S/C12H18N2O/c13-8-12(14-10-2-1-3-10)9-4-6-11(15)7-5-9/h4-7,10,12,14-15H,1-3,8,13H2. The van der Waals surface area contributed by atoms with Crippen LogP contribution >= 0.6 is 0 Å². The number of nitrogens with two attached hydrogens (primary N) is 1. The topological polar surface area (TPSA) is 58.3 Å². The lowest BCUT2D eigenvalue weighted by Gasteiger charge is -2.31. The molecular weight excluding hydrogens is 188 g/mol. The van der Waals surface area contributed by atoms with E-state index in [1.54, 1.807) is 12.1 Å². The molecule has 0 radical (unpaired) electrons. The molecule has 3 heteroatoms. The molecule has 0 heterocycles. The minimum Gasteiger partial charge on any atom is -0.508 e. The van der Waals surface area contributed by atoms with Gasteiger partial charge in [-0.1, -0.05) is 18.6 Å². The highest BCUT2D eigenvalue weighted by Gasteiger charge is 2.21. The molecule has 15 heavy (non-hydrogen) atoms. The molecule has 0 amide bonds. The molecule has 0 spiro atoms. The Kier molecular flexibility index (Phi) is 3.23. The predicted molar refractivity (Wildman–Crippen MR) is 60.7 cm³/mol. The van der Waals surface area contributed by atoms with Gasteiger partial charge in [-0.25, -0.2) is 0 Å². The van der Waals surface area contributed by atoms with Crippen LogP contribution in [0.4, 0.5) is 0 Å². The highest BCUT2D eigenvalue weighted by molar-refractivity contribution is 5.28. The van der Waals surface area contributed by atoms with Crippen molar-refractivity contribution in [2.75, 3.05) is 6.54 Å². The lowest BCUT2D eigenvalue weighted by Crippen LogP contribution is -2.40. The van der Waals surface area contributed by atoms with Gasteiger partial charge < -0.3 is 16.2 Å². The predicted octanol–water partition coefficient (Wildman–Crippen LogP) is 1.53. The quantitative estimate of drug-likeness (QED) is 0.700. The van der Waals surface area contributed by atoms with E-state index in [0.29, 0.717) is 18.3 Å². The molecule has 1 unspecified atom stereocenters. The molecule has 1 aromatic carbocycles. The third kappa shape index (κ3) is 2.49. The molecule has 1 atom stereocenters. The van der Waals surface area contributed by atoms with Gasteiger partial charge in [-0.3, -0.25) is 0 Å². The van der Waals surface area contributed by atoms with Crippen molar-refractivity contribution in [2.45, 2.75) is 31.3 Å². The van der Waals surface area contributed by atoms with E-state index in [4.69, 9.17) is 5.73 Å². The van der Waals surface area contributed by atoms with Gasteiger partial charge in [-0.2, -0.15) is 0 Å². The first-order chi connectivity index (χ1) is 7.29. The number of benzene rings is 1. The summed E-state index contributed by atoms with van der Waals surface area (Å²) >= 11 is 0. The van der Waals surface area contributed by atoms with Crippen LogP contribution in [0.25, 0.3) is 0 Å². The molecule has 0 bridgehead atoms. The molecule has 1 saturated carbocycles. The van der Waals surface area contributed by atoms with Crippen LogP contribution in [0, 0.1) is 0 Å². The van der Waals surface area contributed by atoms with Crippen LogP contribution < -0.4 is 11.1 Å². The molecule has 0 aromatic heterocycles. The van der Waals surface area contributed by atoms with Crippen LogP contribution in [0.1, 0.15) is 30.9 Å². The van der Waals surface area contributed by atoms with Gasteiger partial charge >= 0.3 is 0 Å². The van der Waals surface area contributed by atoms with Gasteiger partial charge in [0.1, 0.15) is 5.75 Å². The van der Waals surface area contributed by atoms with Gasteiger partial charge in [-0.05, 0) is 30.5 Å². The Bertz CT molecular complexity index is 306. The largest absolute Gasteiger partial charge is 0.508 e. The Labute approximate surface area is 90.3 Å². The molecule has 1 fully saturated rings. The van der Waals surface area contributed by atoms with Crippen molar-refractivity contribution in [3.05, 3.63) is 29.8 Å². The Morgan fingerprint density at radius 2 is 2.00 bits per heavy atom. The van der Waals surface area contributed by atoms with E-state index in [1.807, 2.05) is 12.1 Å². The molecule has 4 N–H and O–H groups in total. The van der Waals surface area contributed by atoms with E-state index in [0.717, 1.165) is 5.56 Å². The number of hydrogen-bond donors (Lipinski definition) is 3. The van der Waals surface area contributed by atoms with Crippen molar-refractivity contribution in [1.29, 1.82) is 0 Å². The number of nitrogens with one attached hydrogen (secondary N) is 1. The summed E-state index contributed by atoms with van der Waals surface area (Å²) < 4.78 is 0. The summed E-state index contributed by atoms with van der Waals surface area (Å²) in [6.45, 7) is 0.598. The molecule has 82 valence electrons. The normalized spacial score (nSPS) is 18.5. The number of phenols is 1. The van der Waals surface area contributed by atoms with Crippen LogP contribution in [0.3, 0.4) is 0 Å². The van der Waals surface area contributed by atoms with Gasteiger partial charge in [-0.15, -0.1) is 0 Å². The fourth-order valence-corrected chi connectivity index (χ4v) is 1.87. The summed E-state index contributed by atoms with van der Waals surface area (Å²) in [7, 11) is 0. The summed E-state index contributed by atoms with van der Waals surface area (Å²) in [5.41, 5.74) is 6.90. The second-order valence-electron chi connectivity index (χ2n) is 4.17. The van der Waals surface area contributed by atoms with Gasteiger partial charge in [0.15, 0.2) is 0 Å². The molecule has 3 nitrogen and oxygen atoms in total. The molecule has 1 aromatic rings. The molecule has 0 saturated heterocycles. The molecule has 2 rings (SSSR count). The van der Waals surface area contributed by atoms with Crippen molar-refractivity contribution in [1.82, 2.24) is 5.32 Å². The number of hydrogen-bond acceptors (Lipinski definition) is 3. The zero-order chi connectivity index (χ0) is 10.7. The summed E-state index contributed by atoms with van der Waals surface area (Å²) in [5.74, 6) is 0.304. The van der Waals surface area contributed by atoms with Crippen molar-refractivity contribution in [3.8, 4) is 5.75 Å². The number of rotatable bonds is 4. The van der Waals surface area contributed by atoms with E-state index in [-0.39, 0.29) is 6.04 Å². The summed E-state index contributed by atoms with van der Waals surface area (Å²) in [6.07, 6.45) is 3.84. The van der Waals surface area contributed by atoms with Crippen LogP contribution in [0.5, 0.6) is 5.75 Å². The minimum absolute atomic E-state index is 0.218. The van der Waals surface area contributed by atoms with Crippen LogP contribution in [-0.2, 0) is 0 Å². The van der Waals surface area contributed by atoms with E-state index >= 15 is 0 Å². The fraction of sp³-hybridized carbons (Fsp3) is 0.500. The average Bonchev–Trinajstić information content (AvgIpc) is 2.19.